The van der Waals surface area contributed by atoms with Crippen LogP contribution in [0.1, 0.15) is 29.0 Å². The maximum absolute atomic E-state index is 12.6. The van der Waals surface area contributed by atoms with Crippen LogP contribution in [0.4, 0.5) is 5.82 Å². The number of nitrogens with one attached hydrogen (secondary N) is 1. The molecule has 2 heterocycles. The van der Waals surface area contributed by atoms with Crippen LogP contribution < -0.4 is 20.5 Å². The largest absolute Gasteiger partial charge is 0.490 e. The molecule has 4 rings (SSSR count). The number of amides is 2. The Labute approximate surface area is 200 Å². The van der Waals surface area contributed by atoms with Gasteiger partial charge in [-0.05, 0) is 55.8 Å². The van der Waals surface area contributed by atoms with Crippen molar-refractivity contribution < 1.29 is 19.1 Å². The average Bonchev–Trinajstić information content (AvgIpc) is 2.98. The van der Waals surface area contributed by atoms with E-state index in [-0.39, 0.29) is 23.5 Å². The number of benzene rings is 2. The molecule has 172 valence electrons. The zero-order chi connectivity index (χ0) is 23.5. The third-order valence-corrected chi connectivity index (χ3v) is 6.54. The van der Waals surface area contributed by atoms with Crippen molar-refractivity contribution in [2.45, 2.75) is 19.1 Å². The zero-order valence-electron chi connectivity index (χ0n) is 18.1. The van der Waals surface area contributed by atoms with Gasteiger partial charge >= 0.3 is 0 Å². The first kappa shape index (κ1) is 23.0. The number of carbonyl (C=O) groups is 2. The minimum Gasteiger partial charge on any atom is -0.490 e. The van der Waals surface area contributed by atoms with E-state index in [4.69, 9.17) is 31.9 Å². The molecule has 1 atom stereocenters. The molecule has 1 aliphatic heterocycles. The molecule has 0 fully saturated rings. The molecule has 0 spiro atoms. The molecule has 1 aromatic heterocycles. The van der Waals surface area contributed by atoms with Crippen LogP contribution in [-0.2, 0) is 9.59 Å². The predicted octanol–water partition coefficient (Wildman–Crippen LogP) is 3.87. The number of nitrogens with zero attached hydrogens (tertiary/aromatic N) is 2. The van der Waals surface area contributed by atoms with Crippen molar-refractivity contribution in [3.8, 4) is 17.2 Å². The van der Waals surface area contributed by atoms with Gasteiger partial charge in [0.15, 0.2) is 18.1 Å². The molecule has 3 N–H and O–H groups in total. The van der Waals surface area contributed by atoms with E-state index in [0.717, 1.165) is 22.5 Å². The first-order chi connectivity index (χ1) is 15.9. The number of anilines is 1. The molecule has 0 bridgehead atoms. The van der Waals surface area contributed by atoms with Crippen LogP contribution in [0.2, 0.25) is 5.02 Å². The molecule has 0 aliphatic carbocycles. The van der Waals surface area contributed by atoms with Crippen molar-refractivity contribution in [3.63, 3.8) is 0 Å². The van der Waals surface area contributed by atoms with Crippen LogP contribution in [0.25, 0.3) is 5.69 Å². The summed E-state index contributed by atoms with van der Waals surface area (Å²) < 4.78 is 13.0. The fourth-order valence-electron chi connectivity index (χ4n) is 3.64. The molecule has 0 saturated heterocycles. The lowest BCUT2D eigenvalue weighted by molar-refractivity contribution is -0.120. The number of hydrogen-bond donors (Lipinski definition) is 2. The van der Waals surface area contributed by atoms with E-state index in [0.29, 0.717) is 28.9 Å². The molecule has 2 aromatic carbocycles. The Bertz CT molecular complexity index is 1200. The quantitative estimate of drug-likeness (QED) is 0.524. The Morgan fingerprint density at radius 3 is 2.70 bits per heavy atom. The smallest absolute Gasteiger partial charge is 0.255 e. The van der Waals surface area contributed by atoms with Crippen LogP contribution in [0, 0.1) is 6.92 Å². The van der Waals surface area contributed by atoms with Crippen molar-refractivity contribution in [3.05, 3.63) is 64.3 Å². The Hall–Kier alpha value is -3.17. The minimum absolute atomic E-state index is 0.106. The summed E-state index contributed by atoms with van der Waals surface area (Å²) in [5, 5.41) is 8.16. The number of rotatable bonds is 7. The number of fused-ring (bicyclic) bond motifs is 1. The monoisotopic (exact) mass is 486 g/mol. The summed E-state index contributed by atoms with van der Waals surface area (Å²) in [7, 11) is 0. The third kappa shape index (κ3) is 4.94. The summed E-state index contributed by atoms with van der Waals surface area (Å²) in [6.07, 6.45) is 0. The lowest BCUT2D eigenvalue weighted by atomic mass is 10.0. The summed E-state index contributed by atoms with van der Waals surface area (Å²) in [5.74, 6) is 1.17. The van der Waals surface area contributed by atoms with E-state index in [1.807, 2.05) is 38.1 Å². The number of ether oxygens (including phenoxy) is 2. The van der Waals surface area contributed by atoms with Gasteiger partial charge in [-0.3, -0.25) is 9.59 Å². The number of primary amides is 1. The second-order valence-corrected chi connectivity index (χ2v) is 8.90. The van der Waals surface area contributed by atoms with Crippen LogP contribution in [0.5, 0.6) is 11.5 Å². The molecular weight excluding hydrogens is 464 g/mol. The van der Waals surface area contributed by atoms with Gasteiger partial charge in [0.05, 0.1) is 29.0 Å². The second kappa shape index (κ2) is 9.76. The first-order valence-electron chi connectivity index (χ1n) is 10.3. The Morgan fingerprint density at radius 1 is 1.24 bits per heavy atom. The van der Waals surface area contributed by atoms with Crippen LogP contribution in [0.3, 0.4) is 0 Å². The maximum Gasteiger partial charge on any atom is 0.255 e. The fraction of sp³-hybridized carbons (Fsp3) is 0.261. The van der Waals surface area contributed by atoms with E-state index in [1.165, 1.54) is 11.8 Å². The summed E-state index contributed by atoms with van der Waals surface area (Å²) in [6, 6.07) is 12.8. The molecule has 1 unspecified atom stereocenters. The second-order valence-electron chi connectivity index (χ2n) is 7.37. The fourth-order valence-corrected chi connectivity index (χ4v) is 4.94. The van der Waals surface area contributed by atoms with Gasteiger partial charge in [0.1, 0.15) is 5.82 Å². The van der Waals surface area contributed by atoms with Gasteiger partial charge in [-0.15, -0.1) is 11.8 Å². The number of thioether (sulfide) groups is 1. The van der Waals surface area contributed by atoms with E-state index in [1.54, 1.807) is 22.9 Å². The first-order valence-corrected chi connectivity index (χ1v) is 11.7. The molecule has 2 amide bonds. The van der Waals surface area contributed by atoms with Crippen LogP contribution >= 0.6 is 23.4 Å². The van der Waals surface area contributed by atoms with Gasteiger partial charge < -0.3 is 20.5 Å². The van der Waals surface area contributed by atoms with Gasteiger partial charge in [0.25, 0.3) is 5.91 Å². The minimum atomic E-state index is -0.569. The third-order valence-electron chi connectivity index (χ3n) is 5.02. The molecule has 0 radical (unpaired) electrons. The number of carbonyl (C=O) groups excluding carboxylic acids is 2. The lowest BCUT2D eigenvalue weighted by Crippen LogP contribution is -2.20. The highest BCUT2D eigenvalue weighted by Crippen LogP contribution is 2.45. The maximum atomic E-state index is 12.6. The summed E-state index contributed by atoms with van der Waals surface area (Å²) >= 11 is 7.55. The highest BCUT2D eigenvalue weighted by Gasteiger charge is 2.31. The molecular formula is C23H23ClN4O4S. The average molecular weight is 487 g/mol. The van der Waals surface area contributed by atoms with Crippen LogP contribution in [-0.4, -0.2) is 40.6 Å². The SMILES string of the molecule is CCOc1cc(C2SCC(=O)Nc3c2c(C)nn3-c2ccc(Cl)cc2)ccc1OCC(N)=O. The number of nitrogens with two attached hydrogens (primary N) is 1. The van der Waals surface area contributed by atoms with Gasteiger partial charge in [0.2, 0.25) is 5.91 Å². The van der Waals surface area contributed by atoms with Crippen molar-refractivity contribution >= 4 is 41.0 Å². The summed E-state index contributed by atoms with van der Waals surface area (Å²) in [6.45, 7) is 3.97. The normalized spacial score (nSPS) is 15.4. The molecule has 33 heavy (non-hydrogen) atoms. The van der Waals surface area contributed by atoms with E-state index in [2.05, 4.69) is 5.32 Å². The van der Waals surface area contributed by atoms with Gasteiger partial charge in [0, 0.05) is 10.6 Å². The Morgan fingerprint density at radius 2 is 2.00 bits per heavy atom. The van der Waals surface area contributed by atoms with Crippen molar-refractivity contribution in [2.24, 2.45) is 5.73 Å². The molecule has 8 nitrogen and oxygen atoms in total. The number of hydrogen-bond acceptors (Lipinski definition) is 6. The predicted molar refractivity (Wildman–Crippen MR) is 129 cm³/mol. The Kier molecular flexibility index (Phi) is 6.80. The highest BCUT2D eigenvalue weighted by molar-refractivity contribution is 8.00. The standard InChI is InChI=1S/C23H23ClN4O4S/c1-3-31-18-10-14(4-9-17(18)32-11-19(25)29)22-21-13(2)27-28(16-7-5-15(24)6-8-16)23(21)26-20(30)12-33-22/h4-10,22H,3,11-12H2,1-2H3,(H2,25,29)(H,26,30). The van der Waals surface area contributed by atoms with Crippen molar-refractivity contribution in [1.29, 1.82) is 0 Å². The van der Waals surface area contributed by atoms with Crippen molar-refractivity contribution in [2.75, 3.05) is 24.3 Å². The zero-order valence-corrected chi connectivity index (χ0v) is 19.7. The van der Waals surface area contributed by atoms with E-state index < -0.39 is 5.91 Å². The van der Waals surface area contributed by atoms with Gasteiger partial charge in [-0.25, -0.2) is 4.68 Å². The summed E-state index contributed by atoms with van der Waals surface area (Å²) in [5.41, 5.74) is 8.63. The number of aryl methyl sites for hydroxylation is 1. The van der Waals surface area contributed by atoms with E-state index >= 15 is 0 Å². The Balaban J connectivity index is 1.78. The van der Waals surface area contributed by atoms with Gasteiger partial charge in [-0.1, -0.05) is 17.7 Å². The lowest BCUT2D eigenvalue weighted by Gasteiger charge is -2.18. The molecule has 10 heteroatoms. The van der Waals surface area contributed by atoms with Crippen molar-refractivity contribution in [1.82, 2.24) is 9.78 Å². The molecule has 1 aliphatic rings. The number of aromatic nitrogens is 2. The van der Waals surface area contributed by atoms with Crippen LogP contribution in [0.15, 0.2) is 42.5 Å². The van der Waals surface area contributed by atoms with E-state index in [9.17, 15) is 9.59 Å². The van der Waals surface area contributed by atoms with Gasteiger partial charge in [-0.2, -0.15) is 5.10 Å². The highest BCUT2D eigenvalue weighted by atomic mass is 35.5. The molecule has 3 aromatic rings. The number of halogens is 1. The topological polar surface area (TPSA) is 108 Å². The molecule has 0 saturated carbocycles. The summed E-state index contributed by atoms with van der Waals surface area (Å²) in [4.78, 5) is 23.7.